The highest BCUT2D eigenvalue weighted by atomic mass is 35.5. The van der Waals surface area contributed by atoms with E-state index in [0.717, 1.165) is 16.7 Å². The van der Waals surface area contributed by atoms with Crippen LogP contribution in [0.2, 0.25) is 5.02 Å². The first kappa shape index (κ1) is 23.0. The van der Waals surface area contributed by atoms with E-state index < -0.39 is 6.04 Å². The monoisotopic (exact) mass is 414 g/mol. The third-order valence-corrected chi connectivity index (χ3v) is 5.21. The second-order valence-electron chi connectivity index (χ2n) is 7.84. The normalized spacial score (nSPS) is 11.9. The molecule has 0 spiro atoms. The van der Waals surface area contributed by atoms with Gasteiger partial charge in [0.25, 0.3) is 0 Å². The number of benzene rings is 2. The van der Waals surface area contributed by atoms with Gasteiger partial charge in [0.1, 0.15) is 6.04 Å². The Balaban J connectivity index is 2.27. The van der Waals surface area contributed by atoms with Gasteiger partial charge in [0.05, 0.1) is 6.42 Å². The van der Waals surface area contributed by atoms with E-state index in [1.54, 1.807) is 11.0 Å². The van der Waals surface area contributed by atoms with E-state index in [4.69, 9.17) is 11.6 Å². The van der Waals surface area contributed by atoms with E-state index in [9.17, 15) is 9.59 Å². The number of amides is 2. The zero-order valence-corrected chi connectivity index (χ0v) is 18.5. The van der Waals surface area contributed by atoms with Gasteiger partial charge in [0, 0.05) is 18.1 Å². The lowest BCUT2D eigenvalue weighted by molar-refractivity contribution is -0.141. The summed E-state index contributed by atoms with van der Waals surface area (Å²) in [4.78, 5) is 27.8. The third kappa shape index (κ3) is 6.90. The van der Waals surface area contributed by atoms with Crippen molar-refractivity contribution in [2.75, 3.05) is 6.54 Å². The first-order valence-corrected chi connectivity index (χ1v) is 10.6. The van der Waals surface area contributed by atoms with E-state index in [1.807, 2.05) is 70.2 Å². The molecule has 0 aliphatic carbocycles. The predicted molar refractivity (Wildman–Crippen MR) is 119 cm³/mol. The summed E-state index contributed by atoms with van der Waals surface area (Å²) in [6, 6.07) is 14.8. The molecule has 0 heterocycles. The number of carbonyl (C=O) groups excluding carboxylic acids is 2. The summed E-state index contributed by atoms with van der Waals surface area (Å²) in [5, 5.41) is 3.57. The average molecular weight is 415 g/mol. The van der Waals surface area contributed by atoms with Crippen molar-refractivity contribution < 1.29 is 9.59 Å². The van der Waals surface area contributed by atoms with Crippen LogP contribution in [0, 0.1) is 12.8 Å². The Morgan fingerprint density at radius 1 is 1.07 bits per heavy atom. The molecule has 0 saturated heterocycles. The van der Waals surface area contributed by atoms with Crippen LogP contribution in [-0.4, -0.2) is 29.3 Å². The molecule has 29 heavy (non-hydrogen) atoms. The molecule has 1 unspecified atom stereocenters. The Labute approximate surface area is 179 Å². The number of nitrogens with one attached hydrogen (secondary N) is 1. The van der Waals surface area contributed by atoms with Crippen molar-refractivity contribution in [2.24, 2.45) is 5.92 Å². The lowest BCUT2D eigenvalue weighted by atomic mass is 10.1. The molecule has 0 saturated carbocycles. The number of halogens is 1. The molecule has 5 heteroatoms. The van der Waals surface area contributed by atoms with E-state index in [-0.39, 0.29) is 18.2 Å². The smallest absolute Gasteiger partial charge is 0.242 e. The number of rotatable bonds is 9. The van der Waals surface area contributed by atoms with Crippen LogP contribution in [0.5, 0.6) is 0 Å². The minimum atomic E-state index is -0.539. The molecule has 0 aliphatic rings. The van der Waals surface area contributed by atoms with Crippen molar-refractivity contribution in [1.82, 2.24) is 10.2 Å². The average Bonchev–Trinajstić information content (AvgIpc) is 2.69. The van der Waals surface area contributed by atoms with Gasteiger partial charge in [-0.15, -0.1) is 0 Å². The van der Waals surface area contributed by atoms with Crippen LogP contribution in [-0.2, 0) is 22.6 Å². The van der Waals surface area contributed by atoms with Crippen molar-refractivity contribution in [3.8, 4) is 0 Å². The standard InChI is InChI=1S/C24H31ClN2O2/c1-5-22(24(29)26-15-17(2)3)27(16-20-8-6-7-9-21(20)25)23(28)14-19-12-10-18(4)11-13-19/h6-13,17,22H,5,14-16H2,1-4H3,(H,26,29). The Hall–Kier alpha value is -2.33. The van der Waals surface area contributed by atoms with Crippen LogP contribution >= 0.6 is 11.6 Å². The van der Waals surface area contributed by atoms with Crippen LogP contribution < -0.4 is 5.32 Å². The van der Waals surface area contributed by atoms with Gasteiger partial charge in [-0.1, -0.05) is 80.4 Å². The molecule has 0 bridgehead atoms. The molecule has 0 aliphatic heterocycles. The highest BCUT2D eigenvalue weighted by Gasteiger charge is 2.29. The fourth-order valence-electron chi connectivity index (χ4n) is 3.13. The number of nitrogens with zero attached hydrogens (tertiary/aromatic N) is 1. The summed E-state index contributed by atoms with van der Waals surface area (Å²) in [5.74, 6) is 0.141. The maximum absolute atomic E-state index is 13.3. The molecule has 1 atom stereocenters. The Kier molecular flexibility index (Phi) is 8.71. The van der Waals surface area contributed by atoms with Crippen molar-refractivity contribution in [1.29, 1.82) is 0 Å². The first-order chi connectivity index (χ1) is 13.8. The lowest BCUT2D eigenvalue weighted by Crippen LogP contribution is -2.50. The summed E-state index contributed by atoms with van der Waals surface area (Å²) < 4.78 is 0. The van der Waals surface area contributed by atoms with Crippen LogP contribution in [0.15, 0.2) is 48.5 Å². The molecule has 1 N–H and O–H groups in total. The molecule has 4 nitrogen and oxygen atoms in total. The molecule has 0 radical (unpaired) electrons. The van der Waals surface area contributed by atoms with E-state index in [2.05, 4.69) is 5.32 Å². The van der Waals surface area contributed by atoms with Gasteiger partial charge in [0.15, 0.2) is 0 Å². The molecule has 2 aromatic carbocycles. The summed E-state index contributed by atoms with van der Waals surface area (Å²) in [7, 11) is 0. The molecule has 0 fully saturated rings. The highest BCUT2D eigenvalue weighted by molar-refractivity contribution is 6.31. The molecular formula is C24H31ClN2O2. The molecule has 2 aromatic rings. The second-order valence-corrected chi connectivity index (χ2v) is 8.25. The topological polar surface area (TPSA) is 49.4 Å². The van der Waals surface area contributed by atoms with Crippen LogP contribution in [0.25, 0.3) is 0 Å². The minimum Gasteiger partial charge on any atom is -0.354 e. The number of aryl methyl sites for hydroxylation is 1. The van der Waals surface area contributed by atoms with Crippen molar-refractivity contribution in [3.05, 3.63) is 70.2 Å². The lowest BCUT2D eigenvalue weighted by Gasteiger charge is -2.31. The van der Waals surface area contributed by atoms with Gasteiger partial charge < -0.3 is 10.2 Å². The van der Waals surface area contributed by atoms with Gasteiger partial charge >= 0.3 is 0 Å². The number of hydrogen-bond donors (Lipinski definition) is 1. The van der Waals surface area contributed by atoms with Gasteiger partial charge in [-0.3, -0.25) is 9.59 Å². The van der Waals surface area contributed by atoms with E-state index in [0.29, 0.717) is 30.5 Å². The Bertz CT molecular complexity index is 818. The Morgan fingerprint density at radius 3 is 2.31 bits per heavy atom. The number of hydrogen-bond acceptors (Lipinski definition) is 2. The van der Waals surface area contributed by atoms with Crippen molar-refractivity contribution in [3.63, 3.8) is 0 Å². The third-order valence-electron chi connectivity index (χ3n) is 4.84. The fraction of sp³-hybridized carbons (Fsp3) is 0.417. The molecule has 156 valence electrons. The largest absolute Gasteiger partial charge is 0.354 e. The van der Waals surface area contributed by atoms with Gasteiger partial charge in [0.2, 0.25) is 11.8 Å². The zero-order valence-electron chi connectivity index (χ0n) is 17.7. The molecule has 2 rings (SSSR count). The van der Waals surface area contributed by atoms with Gasteiger partial charge in [-0.25, -0.2) is 0 Å². The fourth-order valence-corrected chi connectivity index (χ4v) is 3.33. The summed E-state index contributed by atoms with van der Waals surface area (Å²) >= 11 is 6.34. The zero-order chi connectivity index (χ0) is 21.4. The number of carbonyl (C=O) groups is 2. The maximum Gasteiger partial charge on any atom is 0.242 e. The van der Waals surface area contributed by atoms with Crippen molar-refractivity contribution in [2.45, 2.75) is 53.1 Å². The van der Waals surface area contributed by atoms with E-state index in [1.165, 1.54) is 0 Å². The summed E-state index contributed by atoms with van der Waals surface area (Å²) in [5.41, 5.74) is 2.91. The van der Waals surface area contributed by atoms with Gasteiger partial charge in [-0.2, -0.15) is 0 Å². The highest BCUT2D eigenvalue weighted by Crippen LogP contribution is 2.20. The second kappa shape index (κ2) is 11.0. The molecule has 0 aromatic heterocycles. The first-order valence-electron chi connectivity index (χ1n) is 10.2. The minimum absolute atomic E-state index is 0.0830. The summed E-state index contributed by atoms with van der Waals surface area (Å²) in [6.07, 6.45) is 0.784. The predicted octanol–water partition coefficient (Wildman–Crippen LogP) is 4.77. The molecular weight excluding hydrogens is 384 g/mol. The summed E-state index contributed by atoms with van der Waals surface area (Å²) in [6.45, 7) is 8.93. The quantitative estimate of drug-likeness (QED) is 0.642. The SMILES string of the molecule is CCC(C(=O)NCC(C)C)N(Cc1ccccc1Cl)C(=O)Cc1ccc(C)cc1. The molecule has 2 amide bonds. The Morgan fingerprint density at radius 2 is 1.72 bits per heavy atom. The van der Waals surface area contributed by atoms with E-state index >= 15 is 0 Å². The van der Waals surface area contributed by atoms with Crippen LogP contribution in [0.4, 0.5) is 0 Å². The van der Waals surface area contributed by atoms with Crippen LogP contribution in [0.1, 0.15) is 43.9 Å². The van der Waals surface area contributed by atoms with Crippen molar-refractivity contribution >= 4 is 23.4 Å². The maximum atomic E-state index is 13.3. The van der Waals surface area contributed by atoms with Crippen LogP contribution in [0.3, 0.4) is 0 Å². The van der Waals surface area contributed by atoms with Gasteiger partial charge in [-0.05, 0) is 36.5 Å².